The molecule has 176 valence electrons. The number of nitrogens with two attached hydrogens (primary N) is 1. The highest BCUT2D eigenvalue weighted by atomic mass is 16.5. The second kappa shape index (κ2) is 8.76. The van der Waals surface area contributed by atoms with Crippen molar-refractivity contribution in [3.63, 3.8) is 0 Å². The first-order valence-electron chi connectivity index (χ1n) is 11.3. The number of fused-ring (bicyclic) bond motifs is 2. The Hall–Kier alpha value is -4.39. The van der Waals surface area contributed by atoms with Crippen molar-refractivity contribution in [2.45, 2.75) is 26.4 Å². The average molecular weight is 469 g/mol. The van der Waals surface area contributed by atoms with E-state index in [-0.39, 0.29) is 23.7 Å². The lowest BCUT2D eigenvalue weighted by Gasteiger charge is -2.25. The summed E-state index contributed by atoms with van der Waals surface area (Å²) in [5.41, 5.74) is 9.29. The van der Waals surface area contributed by atoms with Crippen molar-refractivity contribution in [2.24, 2.45) is 5.73 Å². The third-order valence-corrected chi connectivity index (χ3v) is 6.35. The van der Waals surface area contributed by atoms with Gasteiger partial charge in [0.15, 0.2) is 12.0 Å². The van der Waals surface area contributed by atoms with Gasteiger partial charge in [0, 0.05) is 6.54 Å². The predicted octanol–water partition coefficient (Wildman–Crippen LogP) is 4.02. The van der Waals surface area contributed by atoms with Crippen LogP contribution in [0, 0.1) is 13.8 Å². The fourth-order valence-electron chi connectivity index (χ4n) is 4.47. The van der Waals surface area contributed by atoms with Gasteiger partial charge < -0.3 is 19.8 Å². The zero-order valence-corrected chi connectivity index (χ0v) is 19.4. The number of carbonyl (C=O) groups excluding carboxylic acids is 2. The molecule has 7 nitrogen and oxygen atoms in total. The van der Waals surface area contributed by atoms with E-state index in [1.807, 2.05) is 50.2 Å². The molecule has 5 rings (SSSR count). The highest BCUT2D eigenvalue weighted by Gasteiger charge is 2.42. The molecule has 1 aliphatic heterocycles. The SMILES string of the molecule is Cc1cc2oc3c(c(=O)c2cc1C)[C@@H](c1ccc(OCC(N)=O)cc1)N(Cc1ccccc1)C3=O. The second-order valence-electron chi connectivity index (χ2n) is 8.75. The van der Waals surface area contributed by atoms with E-state index < -0.39 is 11.9 Å². The first kappa shape index (κ1) is 22.4. The Morgan fingerprint density at radius 2 is 1.69 bits per heavy atom. The molecule has 1 aliphatic rings. The van der Waals surface area contributed by atoms with Crippen molar-refractivity contribution >= 4 is 22.8 Å². The number of benzene rings is 3. The van der Waals surface area contributed by atoms with E-state index in [0.29, 0.717) is 28.8 Å². The summed E-state index contributed by atoms with van der Waals surface area (Å²) in [5.74, 6) is -0.377. The molecule has 35 heavy (non-hydrogen) atoms. The van der Waals surface area contributed by atoms with E-state index in [1.165, 1.54) is 0 Å². The van der Waals surface area contributed by atoms with Crippen molar-refractivity contribution in [3.05, 3.63) is 111 Å². The number of rotatable bonds is 6. The van der Waals surface area contributed by atoms with Crippen LogP contribution in [-0.4, -0.2) is 23.3 Å². The molecule has 0 radical (unpaired) electrons. The Morgan fingerprint density at radius 1 is 1.00 bits per heavy atom. The summed E-state index contributed by atoms with van der Waals surface area (Å²) in [4.78, 5) is 40.0. The molecule has 0 saturated carbocycles. The summed E-state index contributed by atoms with van der Waals surface area (Å²) in [6, 6.07) is 19.5. The molecule has 2 heterocycles. The molecule has 0 aliphatic carbocycles. The van der Waals surface area contributed by atoms with Crippen LogP contribution in [0.3, 0.4) is 0 Å². The predicted molar refractivity (Wildman–Crippen MR) is 131 cm³/mol. The van der Waals surface area contributed by atoms with Gasteiger partial charge in [-0.25, -0.2) is 0 Å². The Bertz CT molecular complexity index is 1510. The van der Waals surface area contributed by atoms with Crippen LogP contribution in [0.1, 0.15) is 44.4 Å². The molecule has 4 aromatic rings. The number of primary amides is 1. The zero-order valence-electron chi connectivity index (χ0n) is 19.4. The standard InChI is InChI=1S/C28H24N2O5/c1-16-12-21-22(13-17(16)2)35-27-24(26(21)32)25(19-8-10-20(11-9-19)34-15-23(29)31)30(28(27)33)14-18-6-4-3-5-7-18/h3-13,25H,14-15H2,1-2H3,(H2,29,31)/t25-/m1/s1. The molecule has 2 N–H and O–H groups in total. The smallest absolute Gasteiger partial charge is 0.291 e. The van der Waals surface area contributed by atoms with Crippen molar-refractivity contribution < 1.29 is 18.7 Å². The van der Waals surface area contributed by atoms with Crippen molar-refractivity contribution in [1.82, 2.24) is 4.90 Å². The number of nitrogens with zero attached hydrogens (tertiary/aromatic N) is 1. The van der Waals surface area contributed by atoms with Gasteiger partial charge in [0.05, 0.1) is 17.0 Å². The lowest BCUT2D eigenvalue weighted by Crippen LogP contribution is -2.29. The number of amides is 2. The molecule has 1 atom stereocenters. The van der Waals surface area contributed by atoms with Gasteiger partial charge in [0.1, 0.15) is 11.3 Å². The van der Waals surface area contributed by atoms with Crippen molar-refractivity contribution in [2.75, 3.05) is 6.61 Å². The maximum absolute atomic E-state index is 13.7. The Kier molecular flexibility index (Phi) is 5.61. The maximum atomic E-state index is 13.7. The van der Waals surface area contributed by atoms with Crippen LogP contribution in [0.2, 0.25) is 0 Å². The van der Waals surface area contributed by atoms with E-state index in [2.05, 4.69) is 0 Å². The molecular weight excluding hydrogens is 444 g/mol. The summed E-state index contributed by atoms with van der Waals surface area (Å²) in [5, 5.41) is 0.452. The first-order chi connectivity index (χ1) is 16.8. The number of aryl methyl sites for hydroxylation is 2. The fourth-order valence-corrected chi connectivity index (χ4v) is 4.47. The number of hydrogen-bond acceptors (Lipinski definition) is 5. The summed E-state index contributed by atoms with van der Waals surface area (Å²) < 4.78 is 11.4. The second-order valence-corrected chi connectivity index (χ2v) is 8.75. The van der Waals surface area contributed by atoms with Crippen molar-refractivity contribution in [1.29, 1.82) is 0 Å². The minimum Gasteiger partial charge on any atom is -0.484 e. The quantitative estimate of drug-likeness (QED) is 0.460. The fraction of sp³-hybridized carbons (Fsp3) is 0.179. The molecule has 0 unspecified atom stereocenters. The van der Waals surface area contributed by atoms with Crippen LogP contribution in [0.25, 0.3) is 11.0 Å². The summed E-state index contributed by atoms with van der Waals surface area (Å²) in [6.45, 7) is 3.95. The van der Waals surface area contributed by atoms with Crippen LogP contribution in [0.5, 0.6) is 5.75 Å². The van der Waals surface area contributed by atoms with Gasteiger partial charge in [-0.3, -0.25) is 14.4 Å². The zero-order chi connectivity index (χ0) is 24.7. The van der Waals surface area contributed by atoms with Crippen LogP contribution < -0.4 is 15.9 Å². The van der Waals surface area contributed by atoms with Crippen LogP contribution in [0.15, 0.2) is 75.9 Å². The minimum absolute atomic E-state index is 0.0701. The van der Waals surface area contributed by atoms with E-state index in [1.54, 1.807) is 35.2 Å². The van der Waals surface area contributed by atoms with Gasteiger partial charge in [-0.15, -0.1) is 0 Å². The largest absolute Gasteiger partial charge is 0.484 e. The van der Waals surface area contributed by atoms with Gasteiger partial charge >= 0.3 is 0 Å². The molecule has 0 fully saturated rings. The van der Waals surface area contributed by atoms with Gasteiger partial charge in [-0.05, 0) is 60.4 Å². The van der Waals surface area contributed by atoms with Gasteiger partial charge in [0.2, 0.25) is 5.76 Å². The van der Waals surface area contributed by atoms with Gasteiger partial charge in [-0.2, -0.15) is 0 Å². The normalized spacial score (nSPS) is 14.9. The summed E-state index contributed by atoms with van der Waals surface area (Å²) in [7, 11) is 0. The van der Waals surface area contributed by atoms with Gasteiger partial charge in [0.25, 0.3) is 11.8 Å². The van der Waals surface area contributed by atoms with E-state index >= 15 is 0 Å². The molecular formula is C28H24N2O5. The number of carbonyl (C=O) groups is 2. The summed E-state index contributed by atoms with van der Waals surface area (Å²) >= 11 is 0. The molecule has 3 aromatic carbocycles. The highest BCUT2D eigenvalue weighted by Crippen LogP contribution is 2.39. The monoisotopic (exact) mass is 468 g/mol. The third-order valence-electron chi connectivity index (χ3n) is 6.35. The van der Waals surface area contributed by atoms with Crippen LogP contribution in [-0.2, 0) is 11.3 Å². The molecule has 2 amide bonds. The maximum Gasteiger partial charge on any atom is 0.291 e. The number of ether oxygens (including phenoxy) is 1. The number of hydrogen-bond donors (Lipinski definition) is 1. The topological polar surface area (TPSA) is 103 Å². The molecule has 0 spiro atoms. The first-order valence-corrected chi connectivity index (χ1v) is 11.3. The molecule has 7 heteroatoms. The molecule has 0 saturated heterocycles. The summed E-state index contributed by atoms with van der Waals surface area (Å²) in [6.07, 6.45) is 0. The Labute approximate surface area is 201 Å². The van der Waals surface area contributed by atoms with Gasteiger partial charge in [-0.1, -0.05) is 42.5 Å². The third kappa shape index (κ3) is 4.05. The van der Waals surface area contributed by atoms with E-state index in [9.17, 15) is 14.4 Å². The lowest BCUT2D eigenvalue weighted by molar-refractivity contribution is -0.119. The highest BCUT2D eigenvalue weighted by molar-refractivity contribution is 5.99. The van der Waals surface area contributed by atoms with Crippen molar-refractivity contribution in [3.8, 4) is 5.75 Å². The van der Waals surface area contributed by atoms with E-state index in [4.69, 9.17) is 14.9 Å². The Morgan fingerprint density at radius 3 is 2.37 bits per heavy atom. The minimum atomic E-state index is -0.634. The average Bonchev–Trinajstić information content (AvgIpc) is 3.12. The van der Waals surface area contributed by atoms with E-state index in [0.717, 1.165) is 22.3 Å². The van der Waals surface area contributed by atoms with Crippen LogP contribution in [0.4, 0.5) is 0 Å². The Balaban J connectivity index is 1.65. The van der Waals surface area contributed by atoms with Crippen LogP contribution >= 0.6 is 0 Å². The lowest BCUT2D eigenvalue weighted by atomic mass is 9.97. The molecule has 1 aromatic heterocycles. The molecule has 0 bridgehead atoms.